The van der Waals surface area contributed by atoms with E-state index >= 15 is 0 Å². The third kappa shape index (κ3) is 3.15. The molecule has 1 aromatic carbocycles. The number of hydrogen-bond acceptors (Lipinski definition) is 3. The van der Waals surface area contributed by atoms with Crippen LogP contribution in [0.3, 0.4) is 0 Å². The zero-order valence-corrected chi connectivity index (χ0v) is 9.24. The molecule has 0 aliphatic rings. The molecule has 0 heterocycles. The highest BCUT2D eigenvalue weighted by Gasteiger charge is 2.18. The van der Waals surface area contributed by atoms with Crippen molar-refractivity contribution in [3.63, 3.8) is 0 Å². The average Bonchev–Trinajstić information content (AvgIpc) is 2.16. The first-order valence-corrected chi connectivity index (χ1v) is 4.88. The lowest BCUT2D eigenvalue weighted by atomic mass is 9.97. The van der Waals surface area contributed by atoms with Gasteiger partial charge in [0, 0.05) is 29.5 Å². The fourth-order valence-corrected chi connectivity index (χ4v) is 1.60. The fraction of sp³-hybridized carbons (Fsp3) is 0.300. The van der Waals surface area contributed by atoms with Crippen molar-refractivity contribution in [2.45, 2.75) is 19.7 Å². The van der Waals surface area contributed by atoms with Gasteiger partial charge in [-0.3, -0.25) is 10.1 Å². The van der Waals surface area contributed by atoms with E-state index in [9.17, 15) is 14.5 Å². The number of aliphatic hydroxyl groups excluding tert-OH is 1. The molecule has 87 valence electrons. The first kappa shape index (κ1) is 12.9. The molecule has 1 atom stereocenters. The Bertz CT molecular complexity index is 398. The molecule has 1 aromatic rings. The molecule has 0 amide bonds. The Labute approximate surface area is 96.8 Å². The monoisotopic (exact) mass is 246 g/mol. The van der Waals surface area contributed by atoms with Gasteiger partial charge in [-0.05, 0) is 11.6 Å². The highest BCUT2D eigenvalue weighted by atomic mass is 35.5. The predicted octanol–water partition coefficient (Wildman–Crippen LogP) is 2.87. The van der Waals surface area contributed by atoms with Gasteiger partial charge in [0.05, 0.1) is 4.92 Å². The summed E-state index contributed by atoms with van der Waals surface area (Å²) in [6, 6.07) is 3.91. The minimum Gasteiger partial charge on any atom is -0.364 e. The van der Waals surface area contributed by atoms with E-state index in [1.54, 1.807) is 6.92 Å². The Balaban J connectivity index is 3.02. The summed E-state index contributed by atoms with van der Waals surface area (Å²) in [6.07, 6.45) is -2.21. The van der Waals surface area contributed by atoms with E-state index < -0.39 is 11.3 Å². The second kappa shape index (κ2) is 5.23. The van der Waals surface area contributed by atoms with Crippen molar-refractivity contribution >= 4 is 17.3 Å². The predicted molar refractivity (Wildman–Crippen MR) is 57.9 cm³/mol. The normalized spacial score (nSPS) is 12.8. The largest absolute Gasteiger partial charge is 0.364 e. The van der Waals surface area contributed by atoms with Gasteiger partial charge in [0.25, 0.3) is 5.69 Å². The maximum Gasteiger partial charge on any atom is 0.269 e. The second-order valence-electron chi connectivity index (χ2n) is 3.34. The van der Waals surface area contributed by atoms with Gasteiger partial charge in [0.1, 0.15) is 0 Å². The van der Waals surface area contributed by atoms with E-state index in [-0.39, 0.29) is 12.1 Å². The number of hydrogen-bond donors (Lipinski definition) is 1. The Morgan fingerprint density at radius 3 is 2.81 bits per heavy atom. The van der Waals surface area contributed by atoms with Gasteiger partial charge >= 0.3 is 0 Å². The highest BCUT2D eigenvalue weighted by molar-refractivity contribution is 6.31. The van der Waals surface area contributed by atoms with E-state index in [0.29, 0.717) is 16.5 Å². The van der Waals surface area contributed by atoms with Crippen LogP contribution in [0.4, 0.5) is 10.1 Å². The molecule has 0 fully saturated rings. The summed E-state index contributed by atoms with van der Waals surface area (Å²) in [6.45, 7) is 1.56. The van der Waals surface area contributed by atoms with Crippen molar-refractivity contribution in [2.24, 2.45) is 0 Å². The van der Waals surface area contributed by atoms with Crippen LogP contribution in [0.5, 0.6) is 0 Å². The van der Waals surface area contributed by atoms with Gasteiger partial charge in [-0.2, -0.15) is 0 Å². The number of rotatable bonds is 4. The summed E-state index contributed by atoms with van der Waals surface area (Å²) >= 11 is 5.83. The summed E-state index contributed by atoms with van der Waals surface area (Å²) in [5.41, 5.74) is 0.264. The molecule has 1 radical (unpaired) electrons. The number of benzene rings is 1. The molecule has 4 nitrogen and oxygen atoms in total. The molecular formula is C10H10ClFNO3. The topological polar surface area (TPSA) is 63.4 Å². The van der Waals surface area contributed by atoms with Gasteiger partial charge in [0.2, 0.25) is 0 Å². The maximum absolute atomic E-state index is 12.4. The Kier molecular flexibility index (Phi) is 4.20. The van der Waals surface area contributed by atoms with Crippen LogP contribution in [0.2, 0.25) is 5.02 Å². The van der Waals surface area contributed by atoms with Crippen LogP contribution in [-0.2, 0) is 0 Å². The van der Waals surface area contributed by atoms with Crippen LogP contribution in [0, 0.1) is 16.0 Å². The van der Waals surface area contributed by atoms with Crippen molar-refractivity contribution in [2.75, 3.05) is 0 Å². The molecule has 0 saturated carbocycles. The van der Waals surface area contributed by atoms with E-state index in [4.69, 9.17) is 16.7 Å². The maximum atomic E-state index is 12.4. The van der Waals surface area contributed by atoms with Crippen molar-refractivity contribution in [3.05, 3.63) is 44.8 Å². The number of nitro benzene ring substituents is 1. The molecule has 6 heteroatoms. The van der Waals surface area contributed by atoms with Crippen molar-refractivity contribution in [3.8, 4) is 0 Å². The molecule has 0 aliphatic carbocycles. The number of alkyl halides is 1. The van der Waals surface area contributed by atoms with Gasteiger partial charge in [0.15, 0.2) is 6.36 Å². The second-order valence-corrected chi connectivity index (χ2v) is 3.75. The average molecular weight is 247 g/mol. The molecule has 1 N–H and O–H groups in total. The van der Waals surface area contributed by atoms with Crippen LogP contribution in [0.1, 0.15) is 18.9 Å². The van der Waals surface area contributed by atoms with E-state index in [2.05, 4.69) is 0 Å². The SMILES string of the molecule is C[C](CC(O)F)c1cc([N+](=O)[O-])ccc1Cl. The number of aliphatic hydroxyl groups is 1. The number of nitrogens with zero attached hydrogens (tertiary/aromatic N) is 1. The molecule has 0 aliphatic heterocycles. The molecule has 0 aromatic heterocycles. The molecule has 0 saturated heterocycles. The van der Waals surface area contributed by atoms with Crippen LogP contribution >= 0.6 is 11.6 Å². The summed E-state index contributed by atoms with van der Waals surface area (Å²) < 4.78 is 12.4. The summed E-state index contributed by atoms with van der Waals surface area (Å²) in [5, 5.41) is 19.4. The fourth-order valence-electron chi connectivity index (χ4n) is 1.32. The zero-order chi connectivity index (χ0) is 12.3. The number of halogens is 2. The van der Waals surface area contributed by atoms with Gasteiger partial charge in [-0.1, -0.05) is 18.5 Å². The first-order chi connectivity index (χ1) is 7.41. The minimum atomic E-state index is -1.99. The quantitative estimate of drug-likeness (QED) is 0.656. The van der Waals surface area contributed by atoms with E-state index in [0.717, 1.165) is 0 Å². The highest BCUT2D eigenvalue weighted by Crippen LogP contribution is 2.30. The Hall–Kier alpha value is -1.20. The molecule has 1 unspecified atom stereocenters. The van der Waals surface area contributed by atoms with Crippen LogP contribution in [0.25, 0.3) is 0 Å². The van der Waals surface area contributed by atoms with Crippen LogP contribution < -0.4 is 0 Å². The van der Waals surface area contributed by atoms with Crippen molar-refractivity contribution in [1.82, 2.24) is 0 Å². The first-order valence-electron chi connectivity index (χ1n) is 4.50. The summed E-state index contributed by atoms with van der Waals surface area (Å²) in [5.74, 6) is 0.462. The van der Waals surface area contributed by atoms with Crippen molar-refractivity contribution in [1.29, 1.82) is 0 Å². The lowest BCUT2D eigenvalue weighted by molar-refractivity contribution is -0.384. The minimum absolute atomic E-state index is 0.118. The van der Waals surface area contributed by atoms with Gasteiger partial charge < -0.3 is 5.11 Å². The molecule has 0 spiro atoms. The number of nitro groups is 1. The third-order valence-corrected chi connectivity index (χ3v) is 2.42. The van der Waals surface area contributed by atoms with Crippen molar-refractivity contribution < 1.29 is 14.4 Å². The Morgan fingerprint density at radius 1 is 1.69 bits per heavy atom. The molecule has 16 heavy (non-hydrogen) atoms. The molecule has 0 bridgehead atoms. The summed E-state index contributed by atoms with van der Waals surface area (Å²) in [4.78, 5) is 9.98. The third-order valence-electron chi connectivity index (χ3n) is 2.10. The number of non-ortho nitro benzene ring substituents is 1. The lowest BCUT2D eigenvalue weighted by Gasteiger charge is -2.12. The lowest BCUT2D eigenvalue weighted by Crippen LogP contribution is -2.06. The van der Waals surface area contributed by atoms with Gasteiger partial charge in [-0.15, -0.1) is 0 Å². The molecular weight excluding hydrogens is 237 g/mol. The van der Waals surface area contributed by atoms with E-state index in [1.165, 1.54) is 18.2 Å². The smallest absolute Gasteiger partial charge is 0.269 e. The standard InChI is InChI=1S/C10H10ClFNO3/c1-6(4-10(12)14)8-5-7(13(15)16)2-3-9(8)11/h2-3,5,10,14H,4H2,1H3. The Morgan fingerprint density at radius 2 is 2.31 bits per heavy atom. The molecule has 1 rings (SSSR count). The van der Waals surface area contributed by atoms with Crippen LogP contribution in [0.15, 0.2) is 18.2 Å². The summed E-state index contributed by atoms with van der Waals surface area (Å²) in [7, 11) is 0. The van der Waals surface area contributed by atoms with Crippen LogP contribution in [-0.4, -0.2) is 16.4 Å². The van der Waals surface area contributed by atoms with E-state index in [1.807, 2.05) is 0 Å². The zero-order valence-electron chi connectivity index (χ0n) is 8.48. The van der Waals surface area contributed by atoms with Gasteiger partial charge in [-0.25, -0.2) is 4.39 Å².